The average molecular weight is 224 g/mol. The Bertz CT molecular complexity index is 394. The minimum absolute atomic E-state index is 0.0584. The standard InChI is InChI=1S/C11H16N2O3/c1-7(2)11(3-4-11)6-12-10-13-8(5-16-10)9(14)15/h5,7H,3-4,6H2,1-2H3,(H,12,13)(H,14,15). The first-order valence-electron chi connectivity index (χ1n) is 5.46. The fourth-order valence-corrected chi connectivity index (χ4v) is 1.82. The number of oxazole rings is 1. The number of nitrogens with zero attached hydrogens (tertiary/aromatic N) is 1. The zero-order chi connectivity index (χ0) is 11.8. The zero-order valence-electron chi connectivity index (χ0n) is 9.49. The molecule has 0 unspecified atom stereocenters. The van der Waals surface area contributed by atoms with Crippen molar-refractivity contribution in [1.29, 1.82) is 0 Å². The first kappa shape index (κ1) is 11.0. The topological polar surface area (TPSA) is 75.4 Å². The largest absolute Gasteiger partial charge is 0.476 e. The summed E-state index contributed by atoms with van der Waals surface area (Å²) in [6.45, 7) is 5.20. The van der Waals surface area contributed by atoms with Gasteiger partial charge >= 0.3 is 5.97 Å². The Balaban J connectivity index is 1.92. The lowest BCUT2D eigenvalue weighted by Gasteiger charge is -2.19. The highest BCUT2D eigenvalue weighted by molar-refractivity contribution is 5.85. The SMILES string of the molecule is CC(C)C1(CNc2nc(C(=O)O)co2)CC1. The Morgan fingerprint density at radius 1 is 1.69 bits per heavy atom. The van der Waals surface area contributed by atoms with Crippen LogP contribution in [0.25, 0.3) is 0 Å². The van der Waals surface area contributed by atoms with Gasteiger partial charge in [0.2, 0.25) is 0 Å². The predicted molar refractivity (Wildman–Crippen MR) is 58.5 cm³/mol. The van der Waals surface area contributed by atoms with E-state index < -0.39 is 5.97 Å². The number of carboxylic acid groups (broad SMARTS) is 1. The quantitative estimate of drug-likeness (QED) is 0.802. The lowest BCUT2D eigenvalue weighted by molar-refractivity contribution is 0.0690. The van der Waals surface area contributed by atoms with Gasteiger partial charge in [-0.25, -0.2) is 4.79 Å². The van der Waals surface area contributed by atoms with Crippen LogP contribution < -0.4 is 5.32 Å². The molecule has 1 saturated carbocycles. The summed E-state index contributed by atoms with van der Waals surface area (Å²) in [5.74, 6) is -0.448. The molecule has 1 heterocycles. The minimum Gasteiger partial charge on any atom is -0.476 e. The van der Waals surface area contributed by atoms with Crippen molar-refractivity contribution in [3.05, 3.63) is 12.0 Å². The smallest absolute Gasteiger partial charge is 0.357 e. The van der Waals surface area contributed by atoms with Crippen molar-refractivity contribution in [3.63, 3.8) is 0 Å². The van der Waals surface area contributed by atoms with Gasteiger partial charge in [0.25, 0.3) is 6.01 Å². The molecule has 1 aromatic rings. The van der Waals surface area contributed by atoms with Crippen molar-refractivity contribution in [2.45, 2.75) is 26.7 Å². The monoisotopic (exact) mass is 224 g/mol. The van der Waals surface area contributed by atoms with Crippen LogP contribution in [0.15, 0.2) is 10.7 Å². The Kier molecular flexibility index (Phi) is 2.61. The third-order valence-electron chi connectivity index (χ3n) is 3.43. The van der Waals surface area contributed by atoms with E-state index in [1.165, 1.54) is 12.8 Å². The van der Waals surface area contributed by atoms with Crippen LogP contribution in [-0.2, 0) is 0 Å². The van der Waals surface area contributed by atoms with Crippen LogP contribution in [-0.4, -0.2) is 22.6 Å². The molecule has 0 atom stereocenters. The van der Waals surface area contributed by atoms with Crippen LogP contribution in [0, 0.1) is 11.3 Å². The number of hydrogen-bond donors (Lipinski definition) is 2. The van der Waals surface area contributed by atoms with E-state index in [4.69, 9.17) is 9.52 Å². The third-order valence-corrected chi connectivity index (χ3v) is 3.43. The van der Waals surface area contributed by atoms with Gasteiger partial charge in [-0.2, -0.15) is 4.98 Å². The maximum atomic E-state index is 10.6. The molecule has 0 spiro atoms. The number of aromatic nitrogens is 1. The fourth-order valence-electron chi connectivity index (χ4n) is 1.82. The summed E-state index contributed by atoms with van der Waals surface area (Å²) in [6.07, 6.45) is 3.58. The number of nitrogens with one attached hydrogen (secondary N) is 1. The summed E-state index contributed by atoms with van der Waals surface area (Å²) in [5.41, 5.74) is 0.287. The van der Waals surface area contributed by atoms with Crippen molar-refractivity contribution in [2.24, 2.45) is 11.3 Å². The summed E-state index contributed by atoms with van der Waals surface area (Å²) in [6, 6.07) is 0.296. The van der Waals surface area contributed by atoms with E-state index >= 15 is 0 Å². The van der Waals surface area contributed by atoms with Gasteiger partial charge in [-0.05, 0) is 24.2 Å². The molecule has 1 aliphatic carbocycles. The molecule has 2 N–H and O–H groups in total. The van der Waals surface area contributed by atoms with E-state index in [-0.39, 0.29) is 5.69 Å². The minimum atomic E-state index is -1.07. The Labute approximate surface area is 93.9 Å². The molecule has 0 amide bonds. The predicted octanol–water partition coefficient (Wildman–Crippen LogP) is 2.22. The molecular formula is C11H16N2O3. The molecule has 0 saturated heterocycles. The summed E-state index contributed by atoms with van der Waals surface area (Å²) in [5, 5.41) is 11.7. The van der Waals surface area contributed by atoms with Gasteiger partial charge in [-0.15, -0.1) is 0 Å². The van der Waals surface area contributed by atoms with E-state index in [2.05, 4.69) is 24.1 Å². The fraction of sp³-hybridized carbons (Fsp3) is 0.636. The lowest BCUT2D eigenvalue weighted by atomic mass is 9.92. The highest BCUT2D eigenvalue weighted by Crippen LogP contribution is 2.51. The Morgan fingerprint density at radius 2 is 2.38 bits per heavy atom. The molecular weight excluding hydrogens is 208 g/mol. The van der Waals surface area contributed by atoms with E-state index in [0.29, 0.717) is 17.3 Å². The number of rotatable bonds is 5. The molecule has 0 aromatic carbocycles. The maximum Gasteiger partial charge on any atom is 0.357 e. The number of carboxylic acids is 1. The highest BCUT2D eigenvalue weighted by Gasteiger charge is 2.45. The molecule has 16 heavy (non-hydrogen) atoms. The first-order chi connectivity index (χ1) is 7.53. The Morgan fingerprint density at radius 3 is 2.81 bits per heavy atom. The highest BCUT2D eigenvalue weighted by atomic mass is 16.4. The van der Waals surface area contributed by atoms with Crippen LogP contribution >= 0.6 is 0 Å². The molecule has 0 bridgehead atoms. The molecule has 0 aliphatic heterocycles. The molecule has 5 heteroatoms. The van der Waals surface area contributed by atoms with Gasteiger partial charge in [0.1, 0.15) is 6.26 Å². The summed E-state index contributed by atoms with van der Waals surface area (Å²) in [7, 11) is 0. The normalized spacial score (nSPS) is 17.4. The van der Waals surface area contributed by atoms with Gasteiger partial charge in [-0.3, -0.25) is 0 Å². The van der Waals surface area contributed by atoms with Crippen LogP contribution in [0.4, 0.5) is 6.01 Å². The van der Waals surface area contributed by atoms with Gasteiger partial charge in [-0.1, -0.05) is 13.8 Å². The van der Waals surface area contributed by atoms with Gasteiger partial charge < -0.3 is 14.8 Å². The van der Waals surface area contributed by atoms with Crippen LogP contribution in [0.2, 0.25) is 0 Å². The molecule has 2 rings (SSSR count). The lowest BCUT2D eigenvalue weighted by Crippen LogP contribution is -2.21. The number of aromatic carboxylic acids is 1. The zero-order valence-corrected chi connectivity index (χ0v) is 9.49. The summed E-state index contributed by atoms with van der Waals surface area (Å²) < 4.78 is 5.03. The second-order valence-corrected chi connectivity index (χ2v) is 4.71. The number of anilines is 1. The van der Waals surface area contributed by atoms with Crippen molar-refractivity contribution in [1.82, 2.24) is 4.98 Å². The van der Waals surface area contributed by atoms with Crippen LogP contribution in [0.5, 0.6) is 0 Å². The molecule has 1 aromatic heterocycles. The summed E-state index contributed by atoms with van der Waals surface area (Å²) in [4.78, 5) is 14.4. The van der Waals surface area contributed by atoms with Crippen molar-refractivity contribution < 1.29 is 14.3 Å². The van der Waals surface area contributed by atoms with Gasteiger partial charge in [0.05, 0.1) is 0 Å². The van der Waals surface area contributed by atoms with Crippen molar-refractivity contribution >= 4 is 12.0 Å². The van der Waals surface area contributed by atoms with Crippen molar-refractivity contribution in [3.8, 4) is 0 Å². The molecule has 5 nitrogen and oxygen atoms in total. The van der Waals surface area contributed by atoms with E-state index in [1.54, 1.807) is 0 Å². The van der Waals surface area contributed by atoms with E-state index in [0.717, 1.165) is 12.8 Å². The third kappa shape index (κ3) is 2.03. The maximum absolute atomic E-state index is 10.6. The van der Waals surface area contributed by atoms with Gasteiger partial charge in [0.15, 0.2) is 5.69 Å². The van der Waals surface area contributed by atoms with Gasteiger partial charge in [0, 0.05) is 6.54 Å². The van der Waals surface area contributed by atoms with Crippen molar-refractivity contribution in [2.75, 3.05) is 11.9 Å². The Hall–Kier alpha value is -1.52. The van der Waals surface area contributed by atoms with E-state index in [9.17, 15) is 4.79 Å². The molecule has 1 fully saturated rings. The second-order valence-electron chi connectivity index (χ2n) is 4.71. The molecule has 88 valence electrons. The van der Waals surface area contributed by atoms with Crippen LogP contribution in [0.3, 0.4) is 0 Å². The first-order valence-corrected chi connectivity index (χ1v) is 5.46. The molecule has 0 radical (unpaired) electrons. The second kappa shape index (κ2) is 3.81. The number of carbonyl (C=O) groups is 1. The number of hydrogen-bond acceptors (Lipinski definition) is 4. The summed E-state index contributed by atoms with van der Waals surface area (Å²) >= 11 is 0. The van der Waals surface area contributed by atoms with Crippen LogP contribution in [0.1, 0.15) is 37.2 Å². The molecule has 1 aliphatic rings. The average Bonchev–Trinajstić information content (AvgIpc) is 2.87. The van der Waals surface area contributed by atoms with E-state index in [1.807, 2.05) is 0 Å².